The maximum atomic E-state index is 6.22. The van der Waals surface area contributed by atoms with E-state index in [1.54, 1.807) is 22.7 Å². The summed E-state index contributed by atoms with van der Waals surface area (Å²) >= 11 is 3.30. The van der Waals surface area contributed by atoms with Gasteiger partial charge in [0.1, 0.15) is 39.8 Å². The molecule has 2 aromatic carbocycles. The molecule has 0 aliphatic heterocycles. The average Bonchev–Trinajstić information content (AvgIpc) is 4.29. The lowest BCUT2D eigenvalue weighted by atomic mass is 10.0. The lowest BCUT2D eigenvalue weighted by Crippen LogP contribution is -2.26. The minimum atomic E-state index is -1.20. The Morgan fingerprint density at radius 2 is 1.15 bits per heavy atom. The van der Waals surface area contributed by atoms with Crippen molar-refractivity contribution in [1.29, 1.82) is 0 Å². The van der Waals surface area contributed by atoms with Gasteiger partial charge >= 0.3 is 0 Å². The van der Waals surface area contributed by atoms with E-state index < -0.39 is 8.07 Å². The number of aryl methyl sites for hydroxylation is 2. The van der Waals surface area contributed by atoms with Crippen LogP contribution in [-0.4, -0.2) is 81.3 Å². The molecule has 2 fully saturated rings. The number of ether oxygens (including phenoxy) is 1. The summed E-state index contributed by atoms with van der Waals surface area (Å²) in [5.41, 5.74) is 11.3. The smallest absolute Gasteiger partial charge is 0.215 e. The molecular weight excluding hydrogens is 977 g/mol. The van der Waals surface area contributed by atoms with Crippen molar-refractivity contribution in [3.05, 3.63) is 132 Å². The zero-order valence-corrected chi connectivity index (χ0v) is 45.2. The summed E-state index contributed by atoms with van der Waals surface area (Å²) in [5, 5.41) is 34.6. The van der Waals surface area contributed by atoms with Crippen LogP contribution in [0.4, 0.5) is 21.9 Å². The van der Waals surface area contributed by atoms with Gasteiger partial charge in [0.05, 0.1) is 22.1 Å². The minimum Gasteiger partial charge on any atom is -0.361 e. The van der Waals surface area contributed by atoms with Crippen LogP contribution >= 0.6 is 22.7 Å². The van der Waals surface area contributed by atoms with Crippen LogP contribution in [0.25, 0.3) is 66.8 Å². The Morgan fingerprint density at radius 1 is 0.608 bits per heavy atom. The molecule has 0 saturated heterocycles. The zero-order valence-electron chi connectivity index (χ0n) is 42.5. The van der Waals surface area contributed by atoms with Gasteiger partial charge in [0.25, 0.3) is 0 Å². The predicted octanol–water partition coefficient (Wildman–Crippen LogP) is 13.6. The summed E-state index contributed by atoms with van der Waals surface area (Å²) in [7, 11) is 2.68. The van der Waals surface area contributed by atoms with Gasteiger partial charge in [-0.05, 0) is 68.1 Å². The Labute approximate surface area is 440 Å². The van der Waals surface area contributed by atoms with Crippen LogP contribution in [0.15, 0.2) is 122 Å². The summed E-state index contributed by atoms with van der Waals surface area (Å²) in [6, 6.07) is 33.7. The van der Waals surface area contributed by atoms with Gasteiger partial charge in [-0.1, -0.05) is 129 Å². The van der Waals surface area contributed by atoms with Crippen LogP contribution < -0.4 is 10.2 Å². The third kappa shape index (κ3) is 11.3. The van der Waals surface area contributed by atoms with Crippen LogP contribution in [0.2, 0.25) is 25.7 Å². The number of benzene rings is 2. The van der Waals surface area contributed by atoms with Gasteiger partial charge in [0.15, 0.2) is 0 Å². The summed E-state index contributed by atoms with van der Waals surface area (Å²) in [4.78, 5) is 21.4. The molecule has 0 atom stereocenters. The number of aromatic nitrogens is 12. The molecule has 0 bridgehead atoms. The second-order valence-electron chi connectivity index (χ2n) is 20.5. The predicted molar refractivity (Wildman–Crippen MR) is 301 cm³/mol. The number of hydrogen-bond acceptors (Lipinski definition) is 15. The Kier molecular flexibility index (Phi) is 14.4. The molecule has 376 valence electrons. The Balaban J connectivity index is 0.000000162. The van der Waals surface area contributed by atoms with Gasteiger partial charge in [-0.15, -0.1) is 20.4 Å². The highest BCUT2D eigenvalue weighted by atomic mass is 32.1. The number of nitrogens with one attached hydrogen (secondary N) is 1. The highest BCUT2D eigenvalue weighted by Gasteiger charge is 2.26. The maximum Gasteiger partial charge on any atom is 0.215 e. The lowest BCUT2D eigenvalue weighted by molar-refractivity contribution is 0.153. The summed E-state index contributed by atoms with van der Waals surface area (Å²) in [6.07, 6.45) is 17.8. The first-order valence-corrected chi connectivity index (χ1v) is 30.9. The average molecular weight is 1040 g/mol. The SMILES string of the molecule is Cn1cc(-c2cnc3ccc(N(COCC[Si](C)(C)C)c4nnc(C5CCCC5)s4)nc3c2)c(-c2ccccc2)n1.Cn1cc(-c2cnc3ccc(Nc4nnc(C5CCCC5)s4)nc3c2)c(-c2ccccc2)n1. The number of fused-ring (bicyclic) bond motifs is 2. The van der Waals surface area contributed by atoms with Gasteiger partial charge in [0, 0.05) is 98.8 Å². The number of nitrogens with zero attached hydrogens (tertiary/aromatic N) is 13. The van der Waals surface area contributed by atoms with Crippen molar-refractivity contribution >= 4 is 74.7 Å². The van der Waals surface area contributed by atoms with Crippen LogP contribution in [0.5, 0.6) is 0 Å². The third-order valence-corrected chi connectivity index (χ3v) is 17.5. The van der Waals surface area contributed by atoms with Crippen molar-refractivity contribution in [2.24, 2.45) is 14.1 Å². The topological polar surface area (TPSA) is 163 Å². The van der Waals surface area contributed by atoms with Gasteiger partial charge in [-0.3, -0.25) is 24.2 Å². The summed E-state index contributed by atoms with van der Waals surface area (Å²) in [5.74, 6) is 2.61. The molecule has 8 heterocycles. The minimum absolute atomic E-state index is 0.385. The molecule has 8 aromatic heterocycles. The quantitative estimate of drug-likeness (QED) is 0.0587. The first-order valence-electron chi connectivity index (χ1n) is 25.6. The lowest BCUT2D eigenvalue weighted by Gasteiger charge is -2.22. The van der Waals surface area contributed by atoms with Gasteiger partial charge in [0.2, 0.25) is 10.3 Å². The zero-order chi connectivity index (χ0) is 50.6. The van der Waals surface area contributed by atoms with E-state index in [9.17, 15) is 0 Å². The van der Waals surface area contributed by atoms with Crippen LogP contribution in [0.1, 0.15) is 73.2 Å². The third-order valence-electron chi connectivity index (χ3n) is 13.7. The van der Waals surface area contributed by atoms with Crippen LogP contribution in [0.3, 0.4) is 0 Å². The molecule has 2 saturated carbocycles. The Bertz CT molecular complexity index is 3500. The second-order valence-corrected chi connectivity index (χ2v) is 28.1. The van der Waals surface area contributed by atoms with Crippen LogP contribution in [0, 0.1) is 0 Å². The fraction of sp³-hybridized carbons (Fsp3) is 0.321. The Morgan fingerprint density at radius 3 is 1.73 bits per heavy atom. The number of pyridine rings is 4. The van der Waals surface area contributed by atoms with E-state index in [0.29, 0.717) is 18.6 Å². The molecule has 1 N–H and O–H groups in total. The van der Waals surface area contributed by atoms with E-state index in [4.69, 9.17) is 24.8 Å². The van der Waals surface area contributed by atoms with Crippen molar-refractivity contribution in [3.8, 4) is 44.8 Å². The van der Waals surface area contributed by atoms with Crippen molar-refractivity contribution < 1.29 is 4.74 Å². The van der Waals surface area contributed by atoms with Gasteiger partial charge in [-0.2, -0.15) is 10.2 Å². The first-order chi connectivity index (χ1) is 36.1. The number of rotatable bonds is 15. The molecule has 2 aliphatic rings. The van der Waals surface area contributed by atoms with Gasteiger partial charge in [-0.25, -0.2) is 9.97 Å². The standard InChI is InChI=1S/C31H37N7OSSi.C25H23N7S/c1-37-20-25(29(36-37)22-10-6-5-7-11-22)24-18-27-26(32-19-24)14-15-28(33-27)38(21-39-16-17-41(2,3)4)31-35-34-30(40-31)23-12-8-9-13-23;1-32-15-19(23(31-32)16-7-3-2-4-8-16)18-13-21-20(26-14-18)11-12-22(27-21)28-25-30-29-24(33-25)17-9-5-6-10-17/h5-7,10-11,14-15,18-20,23H,8-9,12-13,16-17,21H2,1-4H3;2-4,7-8,11-15,17H,5-6,9-10H2,1H3,(H,27,28,30). The number of anilines is 4. The van der Waals surface area contributed by atoms with Crippen molar-refractivity contribution in [3.63, 3.8) is 0 Å². The molecule has 15 nitrogen and oxygen atoms in total. The first kappa shape index (κ1) is 49.1. The van der Waals surface area contributed by atoms with Crippen molar-refractivity contribution in [1.82, 2.24) is 59.9 Å². The molecule has 0 amide bonds. The summed E-state index contributed by atoms with van der Waals surface area (Å²) in [6.45, 7) is 8.22. The molecule has 2 aliphatic carbocycles. The van der Waals surface area contributed by atoms with E-state index >= 15 is 0 Å². The maximum absolute atomic E-state index is 6.22. The molecule has 0 unspecified atom stereocenters. The molecule has 18 heteroatoms. The summed E-state index contributed by atoms with van der Waals surface area (Å²) < 4.78 is 9.91. The molecule has 0 radical (unpaired) electrons. The highest BCUT2D eigenvalue weighted by molar-refractivity contribution is 7.15. The van der Waals surface area contributed by atoms with E-state index in [0.717, 1.165) is 111 Å². The molecule has 10 aromatic rings. The second kappa shape index (κ2) is 21.8. The molecule has 74 heavy (non-hydrogen) atoms. The molecular formula is C56H60N14OS2Si. The van der Waals surface area contributed by atoms with E-state index in [-0.39, 0.29) is 0 Å². The van der Waals surface area contributed by atoms with E-state index in [1.165, 1.54) is 51.4 Å². The molecule has 0 spiro atoms. The van der Waals surface area contributed by atoms with Crippen molar-refractivity contribution in [2.75, 3.05) is 23.6 Å². The number of hydrogen-bond donors (Lipinski definition) is 1. The normalized spacial score (nSPS) is 14.2. The monoisotopic (exact) mass is 1040 g/mol. The Hall–Kier alpha value is -7.12. The fourth-order valence-corrected chi connectivity index (χ4v) is 12.4. The van der Waals surface area contributed by atoms with Crippen molar-refractivity contribution in [2.45, 2.75) is 88.9 Å². The van der Waals surface area contributed by atoms with E-state index in [2.05, 4.69) is 96.7 Å². The van der Waals surface area contributed by atoms with Crippen LogP contribution in [-0.2, 0) is 18.8 Å². The highest BCUT2D eigenvalue weighted by Crippen LogP contribution is 2.40. The largest absolute Gasteiger partial charge is 0.361 e. The van der Waals surface area contributed by atoms with E-state index in [1.807, 2.05) is 109 Å². The van der Waals surface area contributed by atoms with Gasteiger partial charge < -0.3 is 10.1 Å². The molecule has 12 rings (SSSR count). The fourth-order valence-electron chi connectivity index (χ4n) is 9.69.